The highest BCUT2D eigenvalue weighted by Gasteiger charge is 2.52. The number of benzene rings is 3. The summed E-state index contributed by atoms with van der Waals surface area (Å²) in [6.07, 6.45) is -2.27. The minimum absolute atomic E-state index is 0.284. The first-order valence-electron chi connectivity index (χ1n) is 12.1. The molecular formula is C28H26Cl3NO5S. The van der Waals surface area contributed by atoms with Crippen LogP contribution in [0.25, 0.3) is 0 Å². The number of hydrogen-bond donors (Lipinski definition) is 1. The van der Waals surface area contributed by atoms with Gasteiger partial charge in [0.1, 0.15) is 23.7 Å². The van der Waals surface area contributed by atoms with Crippen LogP contribution in [0, 0.1) is 0 Å². The number of alkyl halides is 3. The van der Waals surface area contributed by atoms with Gasteiger partial charge in [-0.2, -0.15) is 0 Å². The second kappa shape index (κ2) is 12.6. The van der Waals surface area contributed by atoms with E-state index < -0.39 is 45.8 Å². The van der Waals surface area contributed by atoms with Gasteiger partial charge in [-0.1, -0.05) is 125 Å². The summed E-state index contributed by atoms with van der Waals surface area (Å²) < 4.78 is 23.3. The fraction of sp³-hybridized carbons (Fsp3) is 0.321. The van der Waals surface area contributed by atoms with Gasteiger partial charge in [0.25, 0.3) is 9.70 Å². The Balaban J connectivity index is 1.47. The third-order valence-corrected chi connectivity index (χ3v) is 7.94. The number of hydrogen-bond acceptors (Lipinski definition) is 6. The molecule has 2 fully saturated rings. The van der Waals surface area contributed by atoms with Crippen molar-refractivity contribution in [2.24, 2.45) is 0 Å². The van der Waals surface area contributed by atoms with E-state index >= 15 is 0 Å². The predicted octanol–water partition coefficient (Wildman–Crippen LogP) is 6.06. The lowest BCUT2D eigenvalue weighted by Gasteiger charge is -2.49. The molecule has 0 saturated carbocycles. The number of amides is 1. The molecule has 3 aromatic rings. The summed E-state index contributed by atoms with van der Waals surface area (Å²) in [4.78, 5) is 13.9. The number of rotatable bonds is 7. The van der Waals surface area contributed by atoms with E-state index in [2.05, 4.69) is 5.32 Å². The van der Waals surface area contributed by atoms with Crippen LogP contribution in [0.2, 0.25) is 0 Å². The normalized spacial score (nSPS) is 27.3. The molecule has 200 valence electrons. The number of carbonyl (C=O) groups is 1. The molecule has 2 saturated heterocycles. The first-order valence-corrected chi connectivity index (χ1v) is 14.1. The Morgan fingerprint density at radius 2 is 1.55 bits per heavy atom. The van der Waals surface area contributed by atoms with Crippen LogP contribution >= 0.6 is 46.6 Å². The van der Waals surface area contributed by atoms with Crippen LogP contribution in [0.1, 0.15) is 17.4 Å². The number of ether oxygens (including phenoxy) is 4. The van der Waals surface area contributed by atoms with E-state index in [0.29, 0.717) is 0 Å². The zero-order valence-corrected chi connectivity index (χ0v) is 23.2. The second-order valence-corrected chi connectivity index (χ2v) is 12.4. The van der Waals surface area contributed by atoms with Gasteiger partial charge in [0, 0.05) is 10.5 Å². The van der Waals surface area contributed by atoms with Gasteiger partial charge in [0.05, 0.1) is 19.3 Å². The van der Waals surface area contributed by atoms with Crippen LogP contribution in [0.15, 0.2) is 95.9 Å². The molecule has 0 bridgehead atoms. The zero-order chi connectivity index (χ0) is 26.5. The molecule has 38 heavy (non-hydrogen) atoms. The first-order chi connectivity index (χ1) is 18.4. The number of halogens is 3. The lowest BCUT2D eigenvalue weighted by molar-refractivity contribution is -0.312. The zero-order valence-electron chi connectivity index (χ0n) is 20.1. The van der Waals surface area contributed by atoms with Crippen LogP contribution in [0.4, 0.5) is 0 Å². The molecule has 2 aliphatic rings. The largest absolute Gasteiger partial charge is 0.368 e. The van der Waals surface area contributed by atoms with Gasteiger partial charge in [-0.15, -0.1) is 0 Å². The lowest BCUT2D eigenvalue weighted by atomic mass is 9.96. The van der Waals surface area contributed by atoms with Crippen molar-refractivity contribution in [3.05, 3.63) is 102 Å². The molecule has 0 spiro atoms. The van der Waals surface area contributed by atoms with Gasteiger partial charge in [-0.25, -0.2) is 0 Å². The van der Waals surface area contributed by atoms with E-state index in [9.17, 15) is 4.79 Å². The highest BCUT2D eigenvalue weighted by atomic mass is 35.6. The molecule has 6 nitrogen and oxygen atoms in total. The first kappa shape index (κ1) is 27.7. The Kier molecular flexibility index (Phi) is 9.18. The quantitative estimate of drug-likeness (QED) is 0.336. The topological polar surface area (TPSA) is 66.0 Å². The highest BCUT2D eigenvalue weighted by Crippen LogP contribution is 2.41. The Morgan fingerprint density at radius 3 is 2.21 bits per heavy atom. The summed E-state index contributed by atoms with van der Waals surface area (Å²) in [6.45, 7) is 0.574. The van der Waals surface area contributed by atoms with Crippen molar-refractivity contribution >= 4 is 52.5 Å². The maximum Gasteiger partial charge on any atom is 0.272 e. The molecule has 2 heterocycles. The molecular weight excluding hydrogens is 569 g/mol. The number of carbonyl (C=O) groups excluding carboxylic acids is 1. The van der Waals surface area contributed by atoms with Crippen LogP contribution in [-0.2, 0) is 30.3 Å². The molecule has 1 amide bonds. The van der Waals surface area contributed by atoms with Crippen molar-refractivity contribution in [2.45, 2.75) is 51.4 Å². The third-order valence-electron chi connectivity index (χ3n) is 6.25. The smallest absolute Gasteiger partial charge is 0.272 e. The summed E-state index contributed by atoms with van der Waals surface area (Å²) >= 11 is 19.3. The fourth-order valence-electron chi connectivity index (χ4n) is 4.44. The molecule has 0 aliphatic carbocycles. The van der Waals surface area contributed by atoms with Gasteiger partial charge in [0.2, 0.25) is 0 Å². The Bertz CT molecular complexity index is 1190. The molecule has 0 aromatic heterocycles. The van der Waals surface area contributed by atoms with Gasteiger partial charge in [0.15, 0.2) is 6.29 Å². The Labute approximate surface area is 240 Å². The number of fused-ring (bicyclic) bond motifs is 1. The van der Waals surface area contributed by atoms with Crippen LogP contribution < -0.4 is 5.32 Å². The molecule has 5 rings (SSSR count). The molecule has 0 radical (unpaired) electrons. The molecule has 3 aromatic carbocycles. The van der Waals surface area contributed by atoms with E-state index in [4.69, 9.17) is 53.8 Å². The molecule has 2 aliphatic heterocycles. The maximum atomic E-state index is 12.9. The van der Waals surface area contributed by atoms with Crippen molar-refractivity contribution in [1.29, 1.82) is 0 Å². The highest BCUT2D eigenvalue weighted by molar-refractivity contribution is 7.99. The van der Waals surface area contributed by atoms with E-state index in [1.54, 1.807) is 0 Å². The minimum atomic E-state index is -2.16. The summed E-state index contributed by atoms with van der Waals surface area (Å²) in [5.74, 6) is -0.770. The van der Waals surface area contributed by atoms with E-state index in [1.165, 1.54) is 11.8 Å². The van der Waals surface area contributed by atoms with Gasteiger partial charge >= 0.3 is 0 Å². The molecule has 10 heteroatoms. The maximum absolute atomic E-state index is 12.9. The van der Waals surface area contributed by atoms with E-state index in [1.807, 2.05) is 91.0 Å². The average Bonchev–Trinajstić information content (AvgIpc) is 2.93. The summed E-state index contributed by atoms with van der Waals surface area (Å²) in [5.41, 5.74) is 1.27. The molecule has 6 atom stereocenters. The van der Waals surface area contributed by atoms with Crippen molar-refractivity contribution in [3.8, 4) is 0 Å². The van der Waals surface area contributed by atoms with E-state index in [-0.39, 0.29) is 13.2 Å². The van der Waals surface area contributed by atoms with Gasteiger partial charge in [-0.05, 0) is 17.7 Å². The second-order valence-electron chi connectivity index (χ2n) is 8.91. The van der Waals surface area contributed by atoms with Gasteiger partial charge < -0.3 is 24.3 Å². The summed E-state index contributed by atoms with van der Waals surface area (Å²) in [7, 11) is 0. The average molecular weight is 595 g/mol. The van der Waals surface area contributed by atoms with Crippen LogP contribution in [0.5, 0.6) is 0 Å². The predicted molar refractivity (Wildman–Crippen MR) is 148 cm³/mol. The SMILES string of the molecule is O=C(N[C@@H]1[C@@H](OCc2ccccc2)[C@H]2OC(c3ccccc3)OC[C@H]2O[C@H]1Sc1ccccc1)C(Cl)(Cl)Cl. The van der Waals surface area contributed by atoms with Crippen molar-refractivity contribution < 1.29 is 23.7 Å². The fourth-order valence-corrected chi connectivity index (χ4v) is 5.75. The van der Waals surface area contributed by atoms with E-state index in [0.717, 1.165) is 16.0 Å². The number of thioether (sulfide) groups is 1. The van der Waals surface area contributed by atoms with Crippen molar-refractivity contribution in [1.82, 2.24) is 5.32 Å². The van der Waals surface area contributed by atoms with Crippen LogP contribution in [0.3, 0.4) is 0 Å². The molecule has 1 unspecified atom stereocenters. The summed E-state index contributed by atoms with van der Waals surface area (Å²) in [5, 5.41) is 2.88. The minimum Gasteiger partial charge on any atom is -0.368 e. The summed E-state index contributed by atoms with van der Waals surface area (Å²) in [6, 6.07) is 28.4. The third kappa shape index (κ3) is 6.84. The van der Waals surface area contributed by atoms with Gasteiger partial charge in [-0.3, -0.25) is 4.79 Å². The lowest BCUT2D eigenvalue weighted by Crippen LogP contribution is -2.67. The number of nitrogens with one attached hydrogen (secondary N) is 1. The monoisotopic (exact) mass is 593 g/mol. The Hall–Kier alpha value is -1.81. The molecule has 1 N–H and O–H groups in total. The standard InChI is InChI=1S/C28H26Cl3NO5S/c29-28(30,31)27(33)32-22-24(34-16-18-10-4-1-5-11-18)23-21(36-26(22)38-20-14-8-3-9-15-20)17-35-25(37-23)19-12-6-2-7-13-19/h1-15,21-26H,16-17H2,(H,32,33)/t21-,22-,23+,24-,25?,26+/m1/s1. The van der Waals surface area contributed by atoms with Crippen molar-refractivity contribution in [3.63, 3.8) is 0 Å². The Morgan fingerprint density at radius 1 is 0.921 bits per heavy atom. The van der Waals surface area contributed by atoms with Crippen molar-refractivity contribution in [2.75, 3.05) is 6.61 Å². The van der Waals surface area contributed by atoms with Crippen LogP contribution in [-0.4, -0.2) is 46.1 Å².